The first-order valence-electron chi connectivity index (χ1n) is 4.92. The number of nitrogens with zero attached hydrogens (tertiary/aromatic N) is 3. The molecule has 1 aromatic rings. The summed E-state index contributed by atoms with van der Waals surface area (Å²) in [4.78, 5) is 15.8. The first-order chi connectivity index (χ1) is 7.58. The zero-order valence-corrected chi connectivity index (χ0v) is 8.54. The molecule has 2 heterocycles. The molecule has 2 rings (SSSR count). The minimum Gasteiger partial charge on any atom is -0.391 e. The number of rotatable bonds is 2. The van der Waals surface area contributed by atoms with Crippen LogP contribution >= 0.6 is 0 Å². The molecule has 0 radical (unpaired) electrons. The second-order valence-electron chi connectivity index (χ2n) is 3.72. The largest absolute Gasteiger partial charge is 0.391 e. The Morgan fingerprint density at radius 3 is 2.88 bits per heavy atom. The Morgan fingerprint density at radius 2 is 2.38 bits per heavy atom. The van der Waals surface area contributed by atoms with E-state index >= 15 is 0 Å². The van der Waals surface area contributed by atoms with Gasteiger partial charge in [-0.05, 0) is 12.5 Å². The molecule has 1 atom stereocenters. The Labute approximate surface area is 91.7 Å². The topological polar surface area (TPSA) is 106 Å². The van der Waals surface area contributed by atoms with Crippen LogP contribution in [0.3, 0.4) is 0 Å². The summed E-state index contributed by atoms with van der Waals surface area (Å²) < 4.78 is 0. The lowest BCUT2D eigenvalue weighted by atomic mass is 10.3. The molecule has 0 saturated carbocycles. The summed E-state index contributed by atoms with van der Waals surface area (Å²) in [6.07, 6.45) is 0.316. The molecule has 0 aliphatic carbocycles. The molecule has 0 aromatic carbocycles. The van der Waals surface area contributed by atoms with Crippen LogP contribution in [0.4, 0.5) is 17.3 Å². The predicted molar refractivity (Wildman–Crippen MR) is 58.1 cm³/mol. The smallest absolute Gasteiger partial charge is 0.311 e. The zero-order valence-electron chi connectivity index (χ0n) is 8.54. The molecule has 86 valence electrons. The molecule has 0 bridgehead atoms. The van der Waals surface area contributed by atoms with Crippen molar-refractivity contribution < 1.29 is 10.0 Å². The molecular weight excluding hydrogens is 212 g/mol. The lowest BCUT2D eigenvalue weighted by molar-refractivity contribution is -0.384. The number of anilines is 2. The van der Waals surface area contributed by atoms with Gasteiger partial charge in [-0.3, -0.25) is 10.1 Å². The number of hydrogen-bond acceptors (Lipinski definition) is 6. The standard InChI is InChI=1S/C9H12N4O3/c10-9-7(13(15)16)1-2-8(11-9)12-4-3-6(14)5-12/h1-2,6,14H,3-5H2,(H2,10,11)/t6-/m0/s1. The predicted octanol–water partition coefficient (Wildman–Crippen LogP) is 0.143. The minimum atomic E-state index is -0.565. The maximum absolute atomic E-state index is 10.5. The van der Waals surface area contributed by atoms with Gasteiger partial charge in [-0.15, -0.1) is 0 Å². The highest BCUT2D eigenvalue weighted by Gasteiger charge is 2.23. The number of nitrogens with two attached hydrogens (primary N) is 1. The monoisotopic (exact) mass is 224 g/mol. The fourth-order valence-corrected chi connectivity index (χ4v) is 1.74. The molecule has 1 fully saturated rings. The van der Waals surface area contributed by atoms with E-state index in [1.165, 1.54) is 6.07 Å². The number of hydrogen-bond donors (Lipinski definition) is 2. The molecule has 0 spiro atoms. The van der Waals surface area contributed by atoms with Gasteiger partial charge in [-0.25, -0.2) is 4.98 Å². The summed E-state index contributed by atoms with van der Waals surface area (Å²) in [5.74, 6) is 0.475. The Balaban J connectivity index is 2.24. The molecular formula is C9H12N4O3. The lowest BCUT2D eigenvalue weighted by Crippen LogP contribution is -2.22. The first kappa shape index (κ1) is 10.6. The maximum Gasteiger partial charge on any atom is 0.311 e. The summed E-state index contributed by atoms with van der Waals surface area (Å²) in [6, 6.07) is 2.88. The summed E-state index contributed by atoms with van der Waals surface area (Å²) in [5.41, 5.74) is 5.29. The third kappa shape index (κ3) is 1.89. The van der Waals surface area contributed by atoms with E-state index in [9.17, 15) is 15.2 Å². The molecule has 3 N–H and O–H groups in total. The lowest BCUT2D eigenvalue weighted by Gasteiger charge is -2.16. The van der Waals surface area contributed by atoms with Crippen molar-refractivity contribution in [1.29, 1.82) is 0 Å². The van der Waals surface area contributed by atoms with Crippen molar-refractivity contribution in [2.75, 3.05) is 23.7 Å². The minimum absolute atomic E-state index is 0.0936. The van der Waals surface area contributed by atoms with Crippen molar-refractivity contribution in [3.8, 4) is 0 Å². The van der Waals surface area contributed by atoms with Gasteiger partial charge in [0.1, 0.15) is 5.82 Å². The van der Waals surface area contributed by atoms with Gasteiger partial charge in [0.25, 0.3) is 0 Å². The number of aliphatic hydroxyl groups is 1. The molecule has 1 saturated heterocycles. The molecule has 16 heavy (non-hydrogen) atoms. The van der Waals surface area contributed by atoms with Gasteiger partial charge < -0.3 is 15.7 Å². The Bertz CT molecular complexity index is 423. The van der Waals surface area contributed by atoms with Gasteiger partial charge in [-0.1, -0.05) is 0 Å². The number of nitrogen functional groups attached to an aromatic ring is 1. The second-order valence-corrected chi connectivity index (χ2v) is 3.72. The van der Waals surface area contributed by atoms with Gasteiger partial charge >= 0.3 is 5.69 Å². The zero-order chi connectivity index (χ0) is 11.7. The number of nitro groups is 1. The molecule has 1 aliphatic rings. The maximum atomic E-state index is 10.5. The van der Waals surface area contributed by atoms with E-state index in [0.717, 1.165) is 0 Å². The van der Waals surface area contributed by atoms with Crippen molar-refractivity contribution >= 4 is 17.3 Å². The van der Waals surface area contributed by atoms with Crippen LogP contribution in [0.2, 0.25) is 0 Å². The third-order valence-corrected chi connectivity index (χ3v) is 2.57. The molecule has 1 aromatic heterocycles. The Kier molecular flexibility index (Phi) is 2.61. The molecule has 7 nitrogen and oxygen atoms in total. The van der Waals surface area contributed by atoms with Crippen molar-refractivity contribution in [3.05, 3.63) is 22.2 Å². The van der Waals surface area contributed by atoms with Gasteiger partial charge in [0.05, 0.1) is 11.0 Å². The van der Waals surface area contributed by atoms with Crippen molar-refractivity contribution in [2.45, 2.75) is 12.5 Å². The number of pyridine rings is 1. The van der Waals surface area contributed by atoms with Crippen LogP contribution in [0, 0.1) is 10.1 Å². The second kappa shape index (κ2) is 3.93. The molecule has 0 unspecified atom stereocenters. The van der Waals surface area contributed by atoms with Crippen LogP contribution in [0.25, 0.3) is 0 Å². The third-order valence-electron chi connectivity index (χ3n) is 2.57. The fraction of sp³-hybridized carbons (Fsp3) is 0.444. The summed E-state index contributed by atoms with van der Waals surface area (Å²) >= 11 is 0. The van der Waals surface area contributed by atoms with E-state index in [-0.39, 0.29) is 17.6 Å². The van der Waals surface area contributed by atoms with Crippen LogP contribution in [0.1, 0.15) is 6.42 Å². The summed E-state index contributed by atoms with van der Waals surface area (Å²) in [6.45, 7) is 1.18. The first-order valence-corrected chi connectivity index (χ1v) is 4.92. The van der Waals surface area contributed by atoms with E-state index in [4.69, 9.17) is 5.73 Å². The van der Waals surface area contributed by atoms with E-state index in [2.05, 4.69) is 4.98 Å². The van der Waals surface area contributed by atoms with Crippen LogP contribution in [0.15, 0.2) is 12.1 Å². The van der Waals surface area contributed by atoms with Gasteiger partial charge in [-0.2, -0.15) is 0 Å². The van der Waals surface area contributed by atoms with E-state index < -0.39 is 4.92 Å². The van der Waals surface area contributed by atoms with Crippen molar-refractivity contribution in [2.24, 2.45) is 0 Å². The Hall–Kier alpha value is -1.89. The highest BCUT2D eigenvalue weighted by atomic mass is 16.6. The van der Waals surface area contributed by atoms with E-state index in [1.54, 1.807) is 6.07 Å². The molecule has 1 aliphatic heterocycles. The summed E-state index contributed by atoms with van der Waals surface area (Å²) in [5, 5.41) is 19.9. The molecule has 7 heteroatoms. The normalized spacial score (nSPS) is 20.1. The molecule has 0 amide bonds. The average Bonchev–Trinajstić information content (AvgIpc) is 2.64. The average molecular weight is 224 g/mol. The Morgan fingerprint density at radius 1 is 1.62 bits per heavy atom. The number of aliphatic hydroxyl groups excluding tert-OH is 1. The van der Waals surface area contributed by atoms with Gasteiger partial charge in [0.2, 0.25) is 5.82 Å². The van der Waals surface area contributed by atoms with Crippen LogP contribution in [0.5, 0.6) is 0 Å². The number of β-amino-alcohol motifs (C(OH)–C–C–N with tert-alkyl or cyclic N) is 1. The van der Waals surface area contributed by atoms with Gasteiger partial charge in [0.15, 0.2) is 0 Å². The highest BCUT2D eigenvalue weighted by Crippen LogP contribution is 2.25. The van der Waals surface area contributed by atoms with Crippen molar-refractivity contribution in [3.63, 3.8) is 0 Å². The van der Waals surface area contributed by atoms with E-state index in [1.807, 2.05) is 4.90 Å². The highest BCUT2D eigenvalue weighted by molar-refractivity contribution is 5.58. The SMILES string of the molecule is Nc1nc(N2CC[C@H](O)C2)ccc1[N+](=O)[O-]. The van der Waals surface area contributed by atoms with E-state index in [0.29, 0.717) is 25.3 Å². The number of aromatic nitrogens is 1. The van der Waals surface area contributed by atoms with Crippen LogP contribution < -0.4 is 10.6 Å². The quantitative estimate of drug-likeness (QED) is 0.547. The van der Waals surface area contributed by atoms with Gasteiger partial charge in [0, 0.05) is 19.2 Å². The van der Waals surface area contributed by atoms with Crippen LogP contribution in [-0.4, -0.2) is 34.2 Å². The summed E-state index contributed by atoms with van der Waals surface area (Å²) in [7, 11) is 0. The van der Waals surface area contributed by atoms with Crippen LogP contribution in [-0.2, 0) is 0 Å². The fourth-order valence-electron chi connectivity index (χ4n) is 1.74. The van der Waals surface area contributed by atoms with Crippen molar-refractivity contribution in [1.82, 2.24) is 4.98 Å².